The molecule has 8 nitrogen and oxygen atoms in total. The quantitative estimate of drug-likeness (QED) is 0.485. The summed E-state index contributed by atoms with van der Waals surface area (Å²) in [5, 5.41) is 12.8. The number of carbonyl (C=O) groups is 1. The monoisotopic (exact) mass is 440 g/mol. The van der Waals surface area contributed by atoms with Gasteiger partial charge in [0.05, 0.1) is 35.8 Å². The predicted octanol–water partition coefficient (Wildman–Crippen LogP) is 2.88. The van der Waals surface area contributed by atoms with Gasteiger partial charge in [-0.05, 0) is 25.8 Å². The van der Waals surface area contributed by atoms with Gasteiger partial charge >= 0.3 is 0 Å². The minimum absolute atomic E-state index is 0.0907. The molecule has 3 N–H and O–H groups in total. The van der Waals surface area contributed by atoms with Gasteiger partial charge in [-0.1, -0.05) is 0 Å². The summed E-state index contributed by atoms with van der Waals surface area (Å²) < 4.78 is 50.7. The van der Waals surface area contributed by atoms with Crippen molar-refractivity contribution in [3.8, 4) is 5.88 Å². The van der Waals surface area contributed by atoms with Crippen LogP contribution in [-0.4, -0.2) is 45.5 Å². The standard InChI is InChI=1S/C18H19F3N6O2S/c1-4-29-12-7-23-11(6-24-12)16(28)25-10-5-9(19)14(20)13(15(10)21)18(2)8-30-27(3)17(22)26-18/h5-7H,4,8H2,1-3H3,(H2,22,26)(H,25,28)/t18-/m0/s1. The average Bonchev–Trinajstić information content (AvgIpc) is 2.70. The Morgan fingerprint density at radius 3 is 2.70 bits per heavy atom. The second-order valence-electron chi connectivity index (χ2n) is 6.61. The summed E-state index contributed by atoms with van der Waals surface area (Å²) in [5.74, 6) is -4.49. The summed E-state index contributed by atoms with van der Waals surface area (Å²) in [6.45, 7) is 3.57. The third-order valence-electron chi connectivity index (χ3n) is 4.37. The van der Waals surface area contributed by atoms with Crippen molar-refractivity contribution in [2.45, 2.75) is 19.4 Å². The van der Waals surface area contributed by atoms with E-state index in [1.165, 1.54) is 17.4 Å². The van der Waals surface area contributed by atoms with E-state index in [1.807, 2.05) is 0 Å². The van der Waals surface area contributed by atoms with Crippen molar-refractivity contribution in [3.05, 3.63) is 47.2 Å². The van der Waals surface area contributed by atoms with Gasteiger partial charge in [0.15, 0.2) is 17.5 Å². The number of ether oxygens (including phenoxy) is 1. The molecule has 1 fully saturated rings. The van der Waals surface area contributed by atoms with Crippen LogP contribution in [0.15, 0.2) is 18.5 Å². The average molecular weight is 440 g/mol. The van der Waals surface area contributed by atoms with Crippen molar-refractivity contribution >= 4 is 29.5 Å². The van der Waals surface area contributed by atoms with Crippen LogP contribution in [0.5, 0.6) is 5.88 Å². The predicted molar refractivity (Wildman–Crippen MR) is 106 cm³/mol. The van der Waals surface area contributed by atoms with E-state index in [0.29, 0.717) is 12.7 Å². The van der Waals surface area contributed by atoms with Crippen LogP contribution in [0.2, 0.25) is 0 Å². The number of aromatic nitrogens is 2. The first kappa shape index (κ1) is 21.7. The molecule has 0 radical (unpaired) electrons. The van der Waals surface area contributed by atoms with Gasteiger partial charge in [-0.3, -0.25) is 14.5 Å². The maximum atomic E-state index is 15.2. The molecule has 1 amide bonds. The molecule has 1 aromatic heterocycles. The Morgan fingerprint density at radius 2 is 2.10 bits per heavy atom. The third kappa shape index (κ3) is 4.13. The Balaban J connectivity index is 1.93. The zero-order valence-corrected chi connectivity index (χ0v) is 17.2. The fourth-order valence-electron chi connectivity index (χ4n) is 2.82. The maximum Gasteiger partial charge on any atom is 0.275 e. The number of nitrogens with one attached hydrogen (secondary N) is 3. The summed E-state index contributed by atoms with van der Waals surface area (Å²) >= 11 is 1.15. The number of benzene rings is 1. The van der Waals surface area contributed by atoms with Gasteiger partial charge in [0.1, 0.15) is 5.69 Å². The molecular formula is C18H19F3N6O2S. The minimum atomic E-state index is -1.41. The van der Waals surface area contributed by atoms with Crippen LogP contribution < -0.4 is 15.4 Å². The number of carbonyl (C=O) groups excluding carboxylic acids is 1. The molecular weight excluding hydrogens is 421 g/mol. The number of halogens is 3. The molecule has 160 valence electrons. The molecule has 1 saturated heterocycles. The lowest BCUT2D eigenvalue weighted by Gasteiger charge is -2.40. The highest BCUT2D eigenvalue weighted by Crippen LogP contribution is 2.37. The number of hydrogen-bond donors (Lipinski definition) is 3. The molecule has 1 atom stereocenters. The van der Waals surface area contributed by atoms with E-state index in [2.05, 4.69) is 20.6 Å². The van der Waals surface area contributed by atoms with Crippen LogP contribution in [0.1, 0.15) is 29.9 Å². The molecule has 12 heteroatoms. The molecule has 2 aromatic rings. The van der Waals surface area contributed by atoms with E-state index < -0.39 is 40.1 Å². The van der Waals surface area contributed by atoms with Crippen LogP contribution in [0.3, 0.4) is 0 Å². The van der Waals surface area contributed by atoms with Crippen molar-refractivity contribution in [1.29, 1.82) is 5.41 Å². The number of guanidine groups is 1. The first-order valence-electron chi connectivity index (χ1n) is 8.83. The van der Waals surface area contributed by atoms with Crippen LogP contribution in [0, 0.1) is 22.9 Å². The van der Waals surface area contributed by atoms with E-state index in [4.69, 9.17) is 10.1 Å². The van der Waals surface area contributed by atoms with Crippen LogP contribution in [-0.2, 0) is 5.54 Å². The topological polar surface area (TPSA) is 103 Å². The largest absolute Gasteiger partial charge is 0.477 e. The van der Waals surface area contributed by atoms with Gasteiger partial charge in [-0.2, -0.15) is 0 Å². The fraction of sp³-hybridized carbons (Fsp3) is 0.333. The van der Waals surface area contributed by atoms with Gasteiger partial charge in [0.25, 0.3) is 5.91 Å². The van der Waals surface area contributed by atoms with Crippen molar-refractivity contribution in [1.82, 2.24) is 19.6 Å². The summed E-state index contributed by atoms with van der Waals surface area (Å²) in [6, 6.07) is 0.560. The summed E-state index contributed by atoms with van der Waals surface area (Å²) in [7, 11) is 1.61. The second-order valence-corrected chi connectivity index (χ2v) is 7.71. The molecule has 0 spiro atoms. The van der Waals surface area contributed by atoms with Crippen molar-refractivity contribution < 1.29 is 22.7 Å². The van der Waals surface area contributed by atoms with Crippen LogP contribution in [0.25, 0.3) is 0 Å². The SMILES string of the molecule is CCOc1cnc(C(=O)Nc2cc(F)c(F)c([C@]3(C)CSN(C)C(=N)N3)c2F)cn1. The van der Waals surface area contributed by atoms with Gasteiger partial charge in [0.2, 0.25) is 11.8 Å². The molecule has 0 saturated carbocycles. The summed E-state index contributed by atoms with van der Waals surface area (Å²) in [5.41, 5.74) is -2.74. The zero-order valence-electron chi connectivity index (χ0n) is 16.3. The van der Waals surface area contributed by atoms with E-state index in [-0.39, 0.29) is 23.3 Å². The smallest absolute Gasteiger partial charge is 0.275 e. The van der Waals surface area contributed by atoms with E-state index in [0.717, 1.165) is 18.1 Å². The van der Waals surface area contributed by atoms with Crippen molar-refractivity contribution in [2.75, 3.05) is 24.7 Å². The molecule has 30 heavy (non-hydrogen) atoms. The second kappa shape index (κ2) is 8.38. The number of nitrogens with zero attached hydrogens (tertiary/aromatic N) is 3. The van der Waals surface area contributed by atoms with Crippen LogP contribution in [0.4, 0.5) is 18.9 Å². The van der Waals surface area contributed by atoms with Gasteiger partial charge in [0, 0.05) is 18.9 Å². The number of anilines is 1. The molecule has 1 aromatic carbocycles. The molecule has 3 rings (SSSR count). The maximum absolute atomic E-state index is 15.2. The molecule has 0 bridgehead atoms. The lowest BCUT2D eigenvalue weighted by Crippen LogP contribution is -2.54. The van der Waals surface area contributed by atoms with Crippen molar-refractivity contribution in [2.24, 2.45) is 0 Å². The summed E-state index contributed by atoms with van der Waals surface area (Å²) in [6.07, 6.45) is 2.34. The number of amides is 1. The van der Waals surface area contributed by atoms with Gasteiger partial charge in [-0.25, -0.2) is 23.1 Å². The Hall–Kier alpha value is -3.02. The highest BCUT2D eigenvalue weighted by atomic mass is 32.2. The highest BCUT2D eigenvalue weighted by Gasteiger charge is 2.40. The van der Waals surface area contributed by atoms with E-state index in [1.54, 1.807) is 14.0 Å². The van der Waals surface area contributed by atoms with Crippen molar-refractivity contribution in [3.63, 3.8) is 0 Å². The Morgan fingerprint density at radius 1 is 1.37 bits per heavy atom. The lowest BCUT2D eigenvalue weighted by molar-refractivity contribution is 0.102. The van der Waals surface area contributed by atoms with E-state index >= 15 is 4.39 Å². The van der Waals surface area contributed by atoms with Crippen LogP contribution >= 0.6 is 11.9 Å². The Labute approximate surface area is 174 Å². The third-order valence-corrected chi connectivity index (χ3v) is 5.64. The fourth-order valence-corrected chi connectivity index (χ4v) is 3.67. The van der Waals surface area contributed by atoms with Gasteiger partial charge in [-0.15, -0.1) is 0 Å². The molecule has 1 aliphatic heterocycles. The number of rotatable bonds is 5. The number of hydrogen-bond acceptors (Lipinski definition) is 6. The first-order valence-corrected chi connectivity index (χ1v) is 9.78. The minimum Gasteiger partial charge on any atom is -0.477 e. The van der Waals surface area contributed by atoms with Gasteiger partial charge < -0.3 is 15.4 Å². The summed E-state index contributed by atoms with van der Waals surface area (Å²) in [4.78, 5) is 20.2. The zero-order chi connectivity index (χ0) is 22.1. The molecule has 1 aliphatic rings. The highest BCUT2D eigenvalue weighted by molar-refractivity contribution is 7.97. The Kier molecular flexibility index (Phi) is 6.06. The normalized spacial score (nSPS) is 18.7. The first-order chi connectivity index (χ1) is 14.2. The lowest BCUT2D eigenvalue weighted by atomic mass is 9.91. The molecule has 0 aliphatic carbocycles. The molecule has 0 unspecified atom stereocenters. The van der Waals surface area contributed by atoms with E-state index in [9.17, 15) is 13.6 Å². The Bertz CT molecular complexity index is 991. The molecule has 2 heterocycles.